The number of para-hydroxylation sites is 2. The molecule has 0 radical (unpaired) electrons. The molecule has 1 aliphatic rings. The molecule has 1 fully saturated rings. The molecule has 1 amide bonds. The first-order chi connectivity index (χ1) is 17.5. The van der Waals surface area contributed by atoms with Gasteiger partial charge < -0.3 is 4.98 Å². The third kappa shape index (κ3) is 5.48. The van der Waals surface area contributed by atoms with E-state index in [1.54, 1.807) is 24.3 Å². The van der Waals surface area contributed by atoms with E-state index in [4.69, 9.17) is 23.2 Å². The summed E-state index contributed by atoms with van der Waals surface area (Å²) < 4.78 is 51.9. The van der Waals surface area contributed by atoms with Crippen molar-refractivity contribution in [1.29, 1.82) is 0 Å². The predicted octanol–water partition coefficient (Wildman–Crippen LogP) is 5.36. The van der Waals surface area contributed by atoms with Gasteiger partial charge in [0.05, 0.1) is 28.5 Å². The Morgan fingerprint density at radius 2 is 1.81 bits per heavy atom. The zero-order valence-corrected chi connectivity index (χ0v) is 22.2. The Morgan fingerprint density at radius 3 is 2.46 bits per heavy atom. The molecule has 5 N–H and O–H groups in total. The highest BCUT2D eigenvalue weighted by Gasteiger charge is 2.38. The van der Waals surface area contributed by atoms with E-state index < -0.39 is 38.0 Å². The van der Waals surface area contributed by atoms with Gasteiger partial charge in [0.1, 0.15) is 16.0 Å². The van der Waals surface area contributed by atoms with Gasteiger partial charge >= 0.3 is 0 Å². The molecule has 0 bridgehead atoms. The zero-order chi connectivity index (χ0) is 26.4. The van der Waals surface area contributed by atoms with Crippen molar-refractivity contribution in [2.45, 2.75) is 29.0 Å². The molecule has 1 saturated heterocycles. The van der Waals surface area contributed by atoms with E-state index in [-0.39, 0.29) is 22.8 Å². The van der Waals surface area contributed by atoms with Crippen LogP contribution in [0.5, 0.6) is 0 Å². The zero-order valence-electron chi connectivity index (χ0n) is 19.1. The van der Waals surface area contributed by atoms with E-state index in [0.29, 0.717) is 21.9 Å². The number of benzene rings is 3. The maximum atomic E-state index is 13.3. The molecule has 13 heteroatoms. The largest absolute Gasteiger partial charge is 0.341 e. The Hall–Kier alpha value is -2.64. The number of aromatic nitrogens is 2. The van der Waals surface area contributed by atoms with Gasteiger partial charge in [-0.25, -0.2) is 18.1 Å². The summed E-state index contributed by atoms with van der Waals surface area (Å²) in [5, 5.41) is -0.439. The molecular formula is C24H22Cl2N4O5S2. The van der Waals surface area contributed by atoms with Crippen molar-refractivity contribution in [3.63, 3.8) is 0 Å². The summed E-state index contributed by atoms with van der Waals surface area (Å²) in [5.74, 6) is -0.00648. The molecule has 1 aliphatic heterocycles. The van der Waals surface area contributed by atoms with Gasteiger partial charge in [0.2, 0.25) is 15.9 Å². The molecule has 1 aromatic heterocycles. The number of hydrogen-bond donors (Lipinski definition) is 5. The lowest BCUT2D eigenvalue weighted by Crippen LogP contribution is -2.31. The maximum absolute atomic E-state index is 13.3. The number of imidazole rings is 1. The number of carbonyl (C=O) groups excluding carboxylic acids is 1. The molecule has 4 aromatic rings. The van der Waals surface area contributed by atoms with Gasteiger partial charge in [-0.3, -0.25) is 18.6 Å². The third-order valence-electron chi connectivity index (χ3n) is 6.04. The van der Waals surface area contributed by atoms with Crippen molar-refractivity contribution >= 4 is 60.9 Å². The van der Waals surface area contributed by atoms with Crippen LogP contribution in [0.3, 0.4) is 0 Å². The fraction of sp³-hybridized carbons (Fsp3) is 0.167. The molecule has 0 saturated carbocycles. The van der Waals surface area contributed by atoms with Crippen LogP contribution in [-0.2, 0) is 21.2 Å². The Kier molecular flexibility index (Phi) is 6.96. The quantitative estimate of drug-likeness (QED) is 0.199. The number of nitrogens with one attached hydrogen (secondary N) is 3. The lowest BCUT2D eigenvalue weighted by molar-refractivity contribution is -0.118. The second-order valence-corrected chi connectivity index (χ2v) is 13.1. The minimum atomic E-state index is -4.06. The Balaban J connectivity index is 1.46. The molecule has 37 heavy (non-hydrogen) atoms. The van der Waals surface area contributed by atoms with Gasteiger partial charge in [0.25, 0.3) is 0 Å². The van der Waals surface area contributed by atoms with Crippen LogP contribution in [0.15, 0.2) is 71.6 Å². The van der Waals surface area contributed by atoms with Crippen LogP contribution < -0.4 is 9.44 Å². The number of H-pyrrole nitrogens is 1. The average molecular weight is 582 g/mol. The predicted molar refractivity (Wildman–Crippen MR) is 144 cm³/mol. The van der Waals surface area contributed by atoms with E-state index in [1.165, 1.54) is 18.2 Å². The Labute approximate surface area is 224 Å². The van der Waals surface area contributed by atoms with Crippen molar-refractivity contribution in [1.82, 2.24) is 19.4 Å². The summed E-state index contributed by atoms with van der Waals surface area (Å²) in [6, 6.07) is 17.6. The van der Waals surface area contributed by atoms with Crippen LogP contribution in [0.4, 0.5) is 0 Å². The van der Waals surface area contributed by atoms with E-state index in [0.717, 1.165) is 11.1 Å². The lowest BCUT2D eigenvalue weighted by Gasteiger charge is -2.32. The average Bonchev–Trinajstić information content (AvgIpc) is 3.38. The minimum Gasteiger partial charge on any atom is -0.341 e. The molecule has 2 heterocycles. The summed E-state index contributed by atoms with van der Waals surface area (Å²) >= 11 is 12.1. The van der Waals surface area contributed by atoms with Gasteiger partial charge in [-0.1, -0.05) is 59.6 Å². The van der Waals surface area contributed by atoms with Crippen molar-refractivity contribution in [3.8, 4) is 0 Å². The first-order valence-corrected chi connectivity index (χ1v) is 15.0. The van der Waals surface area contributed by atoms with Crippen LogP contribution in [0.1, 0.15) is 34.7 Å². The number of halogens is 2. The van der Waals surface area contributed by atoms with E-state index in [2.05, 4.69) is 19.4 Å². The molecule has 2 atom stereocenters. The fourth-order valence-electron chi connectivity index (χ4n) is 4.25. The molecule has 194 valence electrons. The number of hydrogen-bond acceptors (Lipinski definition) is 6. The topological polar surface area (TPSA) is 144 Å². The Bertz CT molecular complexity index is 1560. The summed E-state index contributed by atoms with van der Waals surface area (Å²) in [7, 11) is -7.34. The van der Waals surface area contributed by atoms with Gasteiger partial charge in [-0.2, -0.15) is 0 Å². The number of carbonyl (C=O) groups is 1. The molecule has 0 aliphatic carbocycles. The van der Waals surface area contributed by atoms with Crippen molar-refractivity contribution in [3.05, 3.63) is 93.7 Å². The molecular weight excluding hydrogens is 559 g/mol. The number of fused-ring (bicyclic) bond motifs is 1. The first-order valence-electron chi connectivity index (χ1n) is 11.1. The van der Waals surface area contributed by atoms with Crippen molar-refractivity contribution in [2.24, 2.45) is 0 Å². The van der Waals surface area contributed by atoms with Crippen molar-refractivity contribution in [2.75, 3.05) is 0 Å². The first kappa shape index (κ1) is 26.0. The molecule has 9 nitrogen and oxygen atoms in total. The van der Waals surface area contributed by atoms with E-state index in [9.17, 15) is 22.3 Å². The van der Waals surface area contributed by atoms with Crippen LogP contribution in [-0.4, -0.2) is 33.4 Å². The standard InChI is InChI=1S/C24H22Cl2N4O5S2/c25-16-9-10-21(17(26)12-16)36(32,33)29-20(24-27-18-3-1-2-4-19(18)28-24)11-14-5-7-15(8-6-14)22-13-23(31)30-37(22,34)35/h1-10,12,20,22,29,34-35H,11,13H2,(H,27,28)(H,30,31)/t20-,22?/m0/s1. The normalized spacial score (nSPS) is 19.0. The lowest BCUT2D eigenvalue weighted by atomic mass is 10.0. The molecule has 0 spiro atoms. The number of aromatic amines is 1. The van der Waals surface area contributed by atoms with Gasteiger partial charge in [-0.05, 0) is 47.9 Å². The van der Waals surface area contributed by atoms with Crippen LogP contribution in [0, 0.1) is 0 Å². The van der Waals surface area contributed by atoms with E-state index >= 15 is 0 Å². The summed E-state index contributed by atoms with van der Waals surface area (Å²) in [5.41, 5.74) is 2.79. The number of nitrogens with zero attached hydrogens (tertiary/aromatic N) is 1. The second-order valence-electron chi connectivity index (χ2n) is 8.64. The van der Waals surface area contributed by atoms with Gasteiger partial charge in [0.15, 0.2) is 0 Å². The highest BCUT2D eigenvalue weighted by molar-refractivity contribution is 8.23. The van der Waals surface area contributed by atoms with Gasteiger partial charge in [0, 0.05) is 5.02 Å². The van der Waals surface area contributed by atoms with Crippen LogP contribution in [0.2, 0.25) is 10.0 Å². The SMILES string of the molecule is O=C1CC(c2ccc(C[C@H](NS(=O)(=O)c3ccc(Cl)cc3Cl)c3nc4ccccc4[nH]3)cc2)S(O)(O)N1. The van der Waals surface area contributed by atoms with E-state index in [1.807, 2.05) is 24.3 Å². The van der Waals surface area contributed by atoms with Gasteiger partial charge in [-0.15, -0.1) is 10.8 Å². The van der Waals surface area contributed by atoms with Crippen LogP contribution in [0.25, 0.3) is 11.0 Å². The number of sulfonamides is 1. The monoisotopic (exact) mass is 580 g/mol. The fourth-order valence-corrected chi connectivity index (χ4v) is 7.71. The number of amides is 1. The molecule has 3 aromatic carbocycles. The summed E-state index contributed by atoms with van der Waals surface area (Å²) in [6.45, 7) is 0. The molecule has 5 rings (SSSR count). The highest BCUT2D eigenvalue weighted by Crippen LogP contribution is 2.56. The third-order valence-corrected chi connectivity index (χ3v) is 9.99. The summed E-state index contributed by atoms with van der Waals surface area (Å²) in [6.07, 6.45) is 0.202. The maximum Gasteiger partial charge on any atom is 0.242 e. The number of rotatable bonds is 7. The summed E-state index contributed by atoms with van der Waals surface area (Å²) in [4.78, 5) is 19.3. The second kappa shape index (κ2) is 9.91. The Morgan fingerprint density at radius 1 is 1.08 bits per heavy atom. The highest BCUT2D eigenvalue weighted by atomic mass is 35.5. The van der Waals surface area contributed by atoms with Crippen molar-refractivity contribution < 1.29 is 22.3 Å². The van der Waals surface area contributed by atoms with Crippen LogP contribution >= 0.6 is 34.0 Å². The minimum absolute atomic E-state index is 0.00794. The molecule has 1 unspecified atom stereocenters. The smallest absolute Gasteiger partial charge is 0.242 e.